The maximum atomic E-state index is 12.9. The molecule has 2 aromatic rings. The van der Waals surface area contributed by atoms with Gasteiger partial charge in [-0.15, -0.1) is 10.2 Å². The Morgan fingerprint density at radius 2 is 1.86 bits per heavy atom. The van der Waals surface area contributed by atoms with Crippen LogP contribution in [0.15, 0.2) is 24.3 Å². The molecule has 1 aromatic carbocycles. The average molecular weight is 320 g/mol. The van der Waals surface area contributed by atoms with Gasteiger partial charge in [0.25, 0.3) is 0 Å². The van der Waals surface area contributed by atoms with Gasteiger partial charge < -0.3 is 9.80 Å². The van der Waals surface area contributed by atoms with Crippen LogP contribution in [-0.4, -0.2) is 48.3 Å². The van der Waals surface area contributed by atoms with Gasteiger partial charge in [-0.3, -0.25) is 0 Å². The van der Waals surface area contributed by atoms with Gasteiger partial charge in [0.2, 0.25) is 5.13 Å². The van der Waals surface area contributed by atoms with Gasteiger partial charge >= 0.3 is 0 Å². The summed E-state index contributed by atoms with van der Waals surface area (Å²) in [5.41, 5.74) is 1.07. The van der Waals surface area contributed by atoms with Crippen LogP contribution in [-0.2, 0) is 6.42 Å². The van der Waals surface area contributed by atoms with Crippen molar-refractivity contribution in [2.24, 2.45) is 0 Å². The van der Waals surface area contributed by atoms with Gasteiger partial charge in [-0.25, -0.2) is 4.39 Å². The molecular weight excluding hydrogens is 299 g/mol. The average Bonchev–Trinajstić information content (AvgIpc) is 2.98. The summed E-state index contributed by atoms with van der Waals surface area (Å²) in [4.78, 5) is 4.63. The lowest BCUT2D eigenvalue weighted by Crippen LogP contribution is -2.41. The lowest BCUT2D eigenvalue weighted by atomic mass is 10.1. The number of nitrogens with zero attached hydrogens (tertiary/aromatic N) is 4. The molecule has 1 aliphatic rings. The Morgan fingerprint density at radius 3 is 2.50 bits per heavy atom. The Bertz CT molecular complexity index is 603. The summed E-state index contributed by atoms with van der Waals surface area (Å²) in [6.07, 6.45) is 3.05. The van der Waals surface area contributed by atoms with Crippen LogP contribution in [0, 0.1) is 5.82 Å². The van der Waals surface area contributed by atoms with Crippen LogP contribution in [0.4, 0.5) is 9.52 Å². The number of anilines is 1. The van der Waals surface area contributed by atoms with E-state index < -0.39 is 0 Å². The fourth-order valence-electron chi connectivity index (χ4n) is 2.79. The van der Waals surface area contributed by atoms with Gasteiger partial charge in [0.15, 0.2) is 0 Å². The first-order valence-corrected chi connectivity index (χ1v) is 8.41. The summed E-state index contributed by atoms with van der Waals surface area (Å²) in [6, 6.07) is 7.26. The minimum atomic E-state index is -0.203. The molecule has 0 amide bonds. The Kier molecular flexibility index (Phi) is 4.69. The van der Waals surface area contributed by atoms with Gasteiger partial charge in [0.05, 0.1) is 0 Å². The molecule has 0 N–H and O–H groups in total. The van der Waals surface area contributed by atoms with Crippen LogP contribution >= 0.6 is 11.3 Å². The molecule has 0 saturated carbocycles. The third kappa shape index (κ3) is 3.62. The molecule has 0 spiro atoms. The lowest BCUT2D eigenvalue weighted by Gasteiger charge is -2.34. The Hall–Kier alpha value is -1.53. The first-order valence-electron chi connectivity index (χ1n) is 7.60. The summed E-state index contributed by atoms with van der Waals surface area (Å²) >= 11 is 1.64. The van der Waals surface area contributed by atoms with Crippen LogP contribution in [0.5, 0.6) is 0 Å². The number of hydrogen-bond acceptors (Lipinski definition) is 5. The molecule has 1 fully saturated rings. The third-order valence-corrected chi connectivity index (χ3v) is 5.17. The monoisotopic (exact) mass is 320 g/mol. The smallest absolute Gasteiger partial charge is 0.208 e. The number of halogens is 1. The molecule has 118 valence electrons. The van der Waals surface area contributed by atoms with Crippen molar-refractivity contribution in [3.8, 4) is 0 Å². The molecule has 3 rings (SSSR count). The number of rotatable bonds is 4. The predicted octanol–water partition coefficient (Wildman–Crippen LogP) is 2.80. The fraction of sp³-hybridized carbons (Fsp3) is 0.500. The molecule has 0 radical (unpaired) electrons. The van der Waals surface area contributed by atoms with Crippen molar-refractivity contribution in [3.63, 3.8) is 0 Å². The molecule has 1 saturated heterocycles. The molecule has 6 heteroatoms. The summed E-state index contributed by atoms with van der Waals surface area (Å²) in [6.45, 7) is 2.07. The Labute approximate surface area is 134 Å². The van der Waals surface area contributed by atoms with Crippen LogP contribution in [0.25, 0.3) is 0 Å². The molecule has 4 nitrogen and oxygen atoms in total. The van der Waals surface area contributed by atoms with Crippen molar-refractivity contribution in [2.45, 2.75) is 25.3 Å². The first kappa shape index (κ1) is 15.4. The maximum absolute atomic E-state index is 12.9. The maximum Gasteiger partial charge on any atom is 0.208 e. The van der Waals surface area contributed by atoms with Gasteiger partial charge in [-0.05, 0) is 44.6 Å². The zero-order chi connectivity index (χ0) is 15.5. The van der Waals surface area contributed by atoms with Crippen LogP contribution < -0.4 is 4.90 Å². The fourth-order valence-corrected chi connectivity index (χ4v) is 3.72. The second-order valence-corrected chi connectivity index (χ2v) is 7.00. The van der Waals surface area contributed by atoms with Gasteiger partial charge in [-0.1, -0.05) is 23.5 Å². The molecular formula is C16H21FN4S. The van der Waals surface area contributed by atoms with E-state index in [2.05, 4.69) is 34.1 Å². The van der Waals surface area contributed by atoms with E-state index in [0.29, 0.717) is 12.5 Å². The van der Waals surface area contributed by atoms with Crippen molar-refractivity contribution in [1.82, 2.24) is 15.1 Å². The lowest BCUT2D eigenvalue weighted by molar-refractivity contribution is 0.249. The van der Waals surface area contributed by atoms with Gasteiger partial charge in [0, 0.05) is 25.6 Å². The number of hydrogen-bond donors (Lipinski definition) is 0. The summed E-state index contributed by atoms with van der Waals surface area (Å²) in [5.74, 6) is -0.203. The van der Waals surface area contributed by atoms with Crippen molar-refractivity contribution >= 4 is 16.5 Å². The molecule has 22 heavy (non-hydrogen) atoms. The highest BCUT2D eigenvalue weighted by Gasteiger charge is 2.22. The largest absolute Gasteiger partial charge is 0.347 e. The van der Waals surface area contributed by atoms with E-state index in [1.54, 1.807) is 23.5 Å². The molecule has 0 atom stereocenters. The highest BCUT2D eigenvalue weighted by Crippen LogP contribution is 2.26. The topological polar surface area (TPSA) is 32.3 Å². The highest BCUT2D eigenvalue weighted by molar-refractivity contribution is 7.15. The van der Waals surface area contributed by atoms with E-state index in [0.717, 1.165) is 28.8 Å². The van der Waals surface area contributed by atoms with Crippen molar-refractivity contribution in [1.29, 1.82) is 0 Å². The second-order valence-electron chi connectivity index (χ2n) is 5.96. The minimum Gasteiger partial charge on any atom is -0.347 e. The second kappa shape index (κ2) is 6.71. The van der Waals surface area contributed by atoms with Crippen molar-refractivity contribution in [2.75, 3.05) is 32.1 Å². The first-order chi connectivity index (χ1) is 10.6. The van der Waals surface area contributed by atoms with Crippen LogP contribution in [0.1, 0.15) is 23.4 Å². The van der Waals surface area contributed by atoms with Crippen molar-refractivity contribution < 1.29 is 4.39 Å². The number of aromatic nitrogens is 2. The summed E-state index contributed by atoms with van der Waals surface area (Å²) in [7, 11) is 4.29. The van der Waals surface area contributed by atoms with Crippen LogP contribution in [0.3, 0.4) is 0 Å². The quantitative estimate of drug-likeness (QED) is 0.867. The molecule has 0 unspecified atom stereocenters. The zero-order valence-corrected chi connectivity index (χ0v) is 13.8. The van der Waals surface area contributed by atoms with Gasteiger partial charge in [0.1, 0.15) is 10.8 Å². The van der Waals surface area contributed by atoms with Crippen molar-refractivity contribution in [3.05, 3.63) is 40.7 Å². The number of benzene rings is 1. The standard InChI is InChI=1S/C16H21FN4S/c1-20(2)14-7-9-21(10-8-14)16-19-18-15(22-16)11-12-3-5-13(17)6-4-12/h3-6,14H,7-11H2,1-2H3. The zero-order valence-electron chi connectivity index (χ0n) is 13.0. The molecule has 1 aliphatic heterocycles. The van der Waals surface area contributed by atoms with E-state index in [9.17, 15) is 4.39 Å². The Balaban J connectivity index is 1.61. The predicted molar refractivity (Wildman–Crippen MR) is 88.0 cm³/mol. The normalized spacial score (nSPS) is 16.5. The highest BCUT2D eigenvalue weighted by atomic mass is 32.1. The molecule has 0 aliphatic carbocycles. The van der Waals surface area contributed by atoms with E-state index in [-0.39, 0.29) is 5.82 Å². The number of piperidine rings is 1. The van der Waals surface area contributed by atoms with E-state index in [4.69, 9.17) is 0 Å². The van der Waals surface area contributed by atoms with Crippen LogP contribution in [0.2, 0.25) is 0 Å². The molecule has 2 heterocycles. The van der Waals surface area contributed by atoms with E-state index in [1.807, 2.05) is 0 Å². The minimum absolute atomic E-state index is 0.203. The summed E-state index contributed by atoms with van der Waals surface area (Å²) < 4.78 is 12.9. The molecule has 1 aromatic heterocycles. The van der Waals surface area contributed by atoms with E-state index >= 15 is 0 Å². The third-order valence-electron chi connectivity index (χ3n) is 4.19. The summed E-state index contributed by atoms with van der Waals surface area (Å²) in [5, 5.41) is 10.6. The Morgan fingerprint density at radius 1 is 1.18 bits per heavy atom. The van der Waals surface area contributed by atoms with E-state index in [1.165, 1.54) is 25.0 Å². The van der Waals surface area contributed by atoms with Gasteiger partial charge in [-0.2, -0.15) is 0 Å². The SMILES string of the molecule is CN(C)C1CCN(c2nnc(Cc3ccc(F)cc3)s2)CC1. The molecule has 0 bridgehead atoms.